The molecule has 1 atom stereocenters. The fourth-order valence-corrected chi connectivity index (χ4v) is 1.75. The van der Waals surface area contributed by atoms with Crippen LogP contribution in [0.3, 0.4) is 0 Å². The maximum absolute atomic E-state index is 11.7. The summed E-state index contributed by atoms with van der Waals surface area (Å²) in [4.78, 5) is 23.2. The van der Waals surface area contributed by atoms with Gasteiger partial charge in [-0.2, -0.15) is 0 Å². The monoisotopic (exact) mass is 316 g/mol. The van der Waals surface area contributed by atoms with Gasteiger partial charge in [0.2, 0.25) is 9.70 Å². The van der Waals surface area contributed by atoms with Crippen molar-refractivity contribution < 1.29 is 14.3 Å². The molecule has 0 aromatic rings. The summed E-state index contributed by atoms with van der Waals surface area (Å²) in [7, 11) is 0. The van der Waals surface area contributed by atoms with Crippen molar-refractivity contribution in [1.29, 1.82) is 0 Å². The largest absolute Gasteiger partial charge is 0.460 e. The zero-order valence-corrected chi connectivity index (χ0v) is 12.2. The first-order valence-electron chi connectivity index (χ1n) is 5.63. The van der Waals surface area contributed by atoms with E-state index >= 15 is 0 Å². The number of hydrogen-bond acceptors (Lipinski definition) is 4. The number of amides is 1. The van der Waals surface area contributed by atoms with E-state index in [4.69, 9.17) is 39.5 Å². The number of carbonyl (C=O) groups is 2. The minimum absolute atomic E-state index is 0.0612. The van der Waals surface area contributed by atoms with Crippen molar-refractivity contribution in [3.8, 4) is 0 Å². The van der Waals surface area contributed by atoms with Crippen molar-refractivity contribution in [2.45, 2.75) is 36.0 Å². The molecule has 0 bridgehead atoms. The van der Waals surface area contributed by atoms with Gasteiger partial charge in [-0.05, 0) is 12.8 Å². The van der Waals surface area contributed by atoms with Crippen LogP contribution in [0.4, 0.5) is 0 Å². The summed E-state index contributed by atoms with van der Waals surface area (Å²) in [5, 5.41) is 1.44. The van der Waals surface area contributed by atoms with Crippen LogP contribution in [-0.4, -0.2) is 39.9 Å². The van der Waals surface area contributed by atoms with E-state index in [0.29, 0.717) is 19.4 Å². The van der Waals surface area contributed by atoms with Crippen molar-refractivity contribution in [2.75, 3.05) is 13.2 Å². The molecule has 1 amide bonds. The number of alkyl halides is 3. The van der Waals surface area contributed by atoms with Gasteiger partial charge in [0, 0.05) is 13.0 Å². The van der Waals surface area contributed by atoms with Gasteiger partial charge in [-0.3, -0.25) is 14.6 Å². The third-order valence-electron chi connectivity index (χ3n) is 2.45. The molecule has 0 aliphatic carbocycles. The minimum Gasteiger partial charge on any atom is -0.460 e. The molecular weight excluding hydrogens is 302 g/mol. The Labute approximate surface area is 121 Å². The third kappa shape index (κ3) is 5.18. The van der Waals surface area contributed by atoms with Gasteiger partial charge < -0.3 is 4.74 Å². The van der Waals surface area contributed by atoms with Crippen LogP contribution in [0.1, 0.15) is 26.2 Å². The highest BCUT2D eigenvalue weighted by atomic mass is 35.6. The quantitative estimate of drug-likeness (QED) is 0.637. The van der Waals surface area contributed by atoms with Gasteiger partial charge in [-0.15, -0.1) is 0 Å². The number of hydrogen-bond donors (Lipinski definition) is 1. The van der Waals surface area contributed by atoms with Gasteiger partial charge in [0.1, 0.15) is 12.6 Å². The van der Waals surface area contributed by atoms with Crippen LogP contribution in [0.25, 0.3) is 0 Å². The Morgan fingerprint density at radius 1 is 1.44 bits per heavy atom. The first-order valence-corrected chi connectivity index (χ1v) is 6.77. The van der Waals surface area contributed by atoms with Crippen LogP contribution < -0.4 is 5.43 Å². The summed E-state index contributed by atoms with van der Waals surface area (Å²) in [6, 6.07) is -0.568. The molecule has 1 N–H and O–H groups in total. The van der Waals surface area contributed by atoms with E-state index < -0.39 is 15.8 Å². The molecule has 1 heterocycles. The van der Waals surface area contributed by atoms with Gasteiger partial charge in [0.05, 0.1) is 0 Å². The van der Waals surface area contributed by atoms with E-state index in [0.717, 1.165) is 6.42 Å². The summed E-state index contributed by atoms with van der Waals surface area (Å²) in [5.41, 5.74) is 2.82. The molecule has 0 aromatic carbocycles. The van der Waals surface area contributed by atoms with Crippen LogP contribution in [0, 0.1) is 0 Å². The lowest BCUT2D eigenvalue weighted by Gasteiger charge is -2.32. The van der Waals surface area contributed by atoms with Crippen molar-refractivity contribution in [3.63, 3.8) is 0 Å². The fraction of sp³-hybridized carbons (Fsp3) is 0.800. The third-order valence-corrected chi connectivity index (χ3v) is 2.78. The lowest BCUT2D eigenvalue weighted by molar-refractivity contribution is -0.151. The van der Waals surface area contributed by atoms with Crippen LogP contribution >= 0.6 is 34.8 Å². The molecule has 0 radical (unpaired) electrons. The van der Waals surface area contributed by atoms with E-state index in [1.807, 2.05) is 0 Å². The SMILES string of the molecule is CCC(=O)N1CCCC(C(=O)OCC(Cl)(Cl)Cl)N1. The lowest BCUT2D eigenvalue weighted by atomic mass is 10.1. The molecule has 0 spiro atoms. The molecule has 5 nitrogen and oxygen atoms in total. The zero-order chi connectivity index (χ0) is 13.8. The molecule has 1 rings (SSSR count). The Kier molecular flexibility index (Phi) is 5.98. The molecule has 1 aliphatic rings. The lowest BCUT2D eigenvalue weighted by Crippen LogP contribution is -2.55. The Bertz CT molecular complexity index is 320. The average Bonchev–Trinajstić information content (AvgIpc) is 2.34. The van der Waals surface area contributed by atoms with E-state index in [-0.39, 0.29) is 12.5 Å². The predicted molar refractivity (Wildman–Crippen MR) is 69.4 cm³/mol. The second kappa shape index (κ2) is 6.80. The number of rotatable bonds is 3. The van der Waals surface area contributed by atoms with Gasteiger partial charge >= 0.3 is 5.97 Å². The fourth-order valence-electron chi connectivity index (χ4n) is 1.58. The number of hydrazine groups is 1. The summed E-state index contributed by atoms with van der Waals surface area (Å²) in [5.74, 6) is -0.580. The highest BCUT2D eigenvalue weighted by Gasteiger charge is 2.30. The second-order valence-corrected chi connectivity index (χ2v) is 6.46. The van der Waals surface area contributed by atoms with Gasteiger partial charge in [0.15, 0.2) is 0 Å². The van der Waals surface area contributed by atoms with Crippen LogP contribution in [0.15, 0.2) is 0 Å². The molecule has 104 valence electrons. The molecule has 0 saturated carbocycles. The molecular formula is C10H15Cl3N2O3. The van der Waals surface area contributed by atoms with Gasteiger partial charge in [0.25, 0.3) is 0 Å². The highest BCUT2D eigenvalue weighted by Crippen LogP contribution is 2.26. The number of esters is 1. The first-order chi connectivity index (χ1) is 8.33. The molecule has 1 unspecified atom stereocenters. The van der Waals surface area contributed by atoms with Crippen molar-refractivity contribution >= 4 is 46.7 Å². The van der Waals surface area contributed by atoms with E-state index in [9.17, 15) is 9.59 Å². The summed E-state index contributed by atoms with van der Waals surface area (Å²) < 4.78 is 3.25. The smallest absolute Gasteiger partial charge is 0.325 e. The molecule has 18 heavy (non-hydrogen) atoms. The molecule has 1 fully saturated rings. The van der Waals surface area contributed by atoms with Crippen LogP contribution in [0.5, 0.6) is 0 Å². The van der Waals surface area contributed by atoms with Gasteiger partial charge in [-0.25, -0.2) is 5.43 Å². The molecule has 0 aromatic heterocycles. The topological polar surface area (TPSA) is 58.6 Å². The summed E-state index contributed by atoms with van der Waals surface area (Å²) in [6.07, 6.45) is 1.70. The maximum atomic E-state index is 11.7. The Morgan fingerprint density at radius 2 is 2.11 bits per heavy atom. The van der Waals surface area contributed by atoms with E-state index in [1.165, 1.54) is 5.01 Å². The number of halogens is 3. The first kappa shape index (κ1) is 15.8. The van der Waals surface area contributed by atoms with Gasteiger partial charge in [-0.1, -0.05) is 41.7 Å². The zero-order valence-electron chi connectivity index (χ0n) is 9.92. The Hall–Kier alpha value is -0.230. The maximum Gasteiger partial charge on any atom is 0.325 e. The number of nitrogens with one attached hydrogen (secondary N) is 1. The minimum atomic E-state index is -1.62. The summed E-state index contributed by atoms with van der Waals surface area (Å²) >= 11 is 16.5. The average molecular weight is 318 g/mol. The van der Waals surface area contributed by atoms with Crippen molar-refractivity contribution in [1.82, 2.24) is 10.4 Å². The number of ether oxygens (including phenoxy) is 1. The highest BCUT2D eigenvalue weighted by molar-refractivity contribution is 6.67. The molecule has 1 aliphatic heterocycles. The standard InChI is InChI=1S/C10H15Cl3N2O3/c1-2-8(16)15-5-3-4-7(14-15)9(17)18-6-10(11,12)13/h7,14H,2-6H2,1H3. The normalized spacial score (nSPS) is 20.7. The van der Waals surface area contributed by atoms with Crippen LogP contribution in [0.2, 0.25) is 0 Å². The molecule has 8 heteroatoms. The Morgan fingerprint density at radius 3 is 2.67 bits per heavy atom. The van der Waals surface area contributed by atoms with Crippen molar-refractivity contribution in [3.05, 3.63) is 0 Å². The second-order valence-electron chi connectivity index (χ2n) is 3.95. The van der Waals surface area contributed by atoms with E-state index in [2.05, 4.69) is 5.43 Å². The Balaban J connectivity index is 2.46. The van der Waals surface area contributed by atoms with Crippen molar-refractivity contribution in [2.24, 2.45) is 0 Å². The number of carbonyl (C=O) groups excluding carboxylic acids is 2. The number of nitrogens with zero attached hydrogens (tertiary/aromatic N) is 1. The molecule has 1 saturated heterocycles. The van der Waals surface area contributed by atoms with Crippen LogP contribution in [-0.2, 0) is 14.3 Å². The predicted octanol–water partition coefficient (Wildman–Crippen LogP) is 1.81. The summed E-state index contributed by atoms with van der Waals surface area (Å²) in [6.45, 7) is 2.03. The van der Waals surface area contributed by atoms with E-state index in [1.54, 1.807) is 6.92 Å².